The van der Waals surface area contributed by atoms with Crippen molar-refractivity contribution in [2.45, 2.75) is 36.8 Å². The Labute approximate surface area is 139 Å². The Hall–Kier alpha value is -1.90. The summed E-state index contributed by atoms with van der Waals surface area (Å²) < 4.78 is 7.62. The summed E-state index contributed by atoms with van der Waals surface area (Å²) in [5.74, 6) is -0.460. The molecule has 1 aromatic rings. The first-order chi connectivity index (χ1) is 11.0. The second-order valence-corrected chi connectivity index (χ2v) is 5.69. The predicted molar refractivity (Wildman–Crippen MR) is 87.9 cm³/mol. The van der Waals surface area contributed by atoms with Gasteiger partial charge in [-0.3, -0.25) is 14.9 Å². The van der Waals surface area contributed by atoms with Crippen LogP contribution in [0.1, 0.15) is 19.8 Å². The summed E-state index contributed by atoms with van der Waals surface area (Å²) >= 11 is 1.02. The smallest absolute Gasteiger partial charge is 0.324 e. The quantitative estimate of drug-likeness (QED) is 0.234. The van der Waals surface area contributed by atoms with Crippen LogP contribution in [0.5, 0.6) is 0 Å². The summed E-state index contributed by atoms with van der Waals surface area (Å²) in [4.78, 5) is 22.7. The van der Waals surface area contributed by atoms with Gasteiger partial charge in [0.05, 0.1) is 18.1 Å². The van der Waals surface area contributed by atoms with Crippen molar-refractivity contribution in [3.05, 3.63) is 46.5 Å². The SMILES string of the molecule is COC(=O)[C@H](C/C=C/C[C@H](C)O)NSc1ccccc1[N+](=O)[O-]. The Bertz CT molecular complexity index is 563. The number of ether oxygens (including phenoxy) is 1. The number of carbonyl (C=O) groups is 1. The van der Waals surface area contributed by atoms with Gasteiger partial charge in [-0.1, -0.05) is 24.3 Å². The highest BCUT2D eigenvalue weighted by Gasteiger charge is 2.20. The predicted octanol–water partition coefficient (Wildman–Crippen LogP) is 2.45. The first-order valence-corrected chi connectivity index (χ1v) is 7.84. The number of esters is 1. The number of benzene rings is 1. The Morgan fingerprint density at radius 3 is 2.70 bits per heavy atom. The fourth-order valence-corrected chi connectivity index (χ4v) is 2.54. The van der Waals surface area contributed by atoms with Crippen LogP contribution in [0.15, 0.2) is 41.3 Å². The minimum absolute atomic E-state index is 0.0294. The number of methoxy groups -OCH3 is 1. The summed E-state index contributed by atoms with van der Waals surface area (Å²) in [5.41, 5.74) is -0.0294. The number of hydrogen-bond acceptors (Lipinski definition) is 7. The molecule has 23 heavy (non-hydrogen) atoms. The van der Waals surface area contributed by atoms with E-state index in [0.29, 0.717) is 17.7 Å². The number of aliphatic hydroxyl groups excluding tert-OH is 1. The number of nitrogens with zero attached hydrogens (tertiary/aromatic N) is 1. The van der Waals surface area contributed by atoms with E-state index in [1.165, 1.54) is 13.2 Å². The van der Waals surface area contributed by atoms with Gasteiger partial charge >= 0.3 is 5.97 Å². The summed E-state index contributed by atoms with van der Waals surface area (Å²) in [7, 11) is 1.28. The molecule has 2 atom stereocenters. The summed E-state index contributed by atoms with van der Waals surface area (Å²) in [6.45, 7) is 1.67. The van der Waals surface area contributed by atoms with Crippen LogP contribution in [0.4, 0.5) is 5.69 Å². The highest BCUT2D eigenvalue weighted by molar-refractivity contribution is 7.97. The van der Waals surface area contributed by atoms with Crippen molar-refractivity contribution in [1.29, 1.82) is 0 Å². The lowest BCUT2D eigenvalue weighted by Crippen LogP contribution is -2.32. The van der Waals surface area contributed by atoms with Gasteiger partial charge in [-0.05, 0) is 37.8 Å². The third-order valence-electron chi connectivity index (χ3n) is 2.87. The zero-order chi connectivity index (χ0) is 17.2. The van der Waals surface area contributed by atoms with Gasteiger partial charge in [0.15, 0.2) is 0 Å². The van der Waals surface area contributed by atoms with Crippen LogP contribution in [-0.4, -0.2) is 35.3 Å². The molecule has 8 heteroatoms. The number of nitro groups is 1. The number of para-hydroxylation sites is 1. The molecule has 1 rings (SSSR count). The molecule has 1 aromatic carbocycles. The van der Waals surface area contributed by atoms with E-state index >= 15 is 0 Å². The van der Waals surface area contributed by atoms with E-state index in [1.807, 2.05) is 0 Å². The first-order valence-electron chi connectivity index (χ1n) is 7.02. The topological polar surface area (TPSA) is 102 Å². The van der Waals surface area contributed by atoms with E-state index in [0.717, 1.165) is 11.9 Å². The Kier molecular flexibility index (Phi) is 8.31. The second-order valence-electron chi connectivity index (χ2n) is 4.81. The van der Waals surface area contributed by atoms with Crippen LogP contribution >= 0.6 is 11.9 Å². The third kappa shape index (κ3) is 6.81. The largest absolute Gasteiger partial charge is 0.468 e. The van der Waals surface area contributed by atoms with Crippen LogP contribution in [-0.2, 0) is 9.53 Å². The van der Waals surface area contributed by atoms with Crippen molar-refractivity contribution < 1.29 is 19.6 Å². The van der Waals surface area contributed by atoms with E-state index in [4.69, 9.17) is 4.74 Å². The average Bonchev–Trinajstić information content (AvgIpc) is 2.53. The molecule has 0 radical (unpaired) electrons. The van der Waals surface area contributed by atoms with Crippen molar-refractivity contribution in [1.82, 2.24) is 4.72 Å². The van der Waals surface area contributed by atoms with E-state index in [-0.39, 0.29) is 5.69 Å². The monoisotopic (exact) mass is 340 g/mol. The molecule has 0 fully saturated rings. The fourth-order valence-electron chi connectivity index (χ4n) is 1.69. The zero-order valence-corrected chi connectivity index (χ0v) is 13.8. The van der Waals surface area contributed by atoms with E-state index in [9.17, 15) is 20.0 Å². The standard InChI is InChI=1S/C15H20N2O5S/c1-11(18)7-3-4-8-12(15(19)22-2)16-23-14-10-6-5-9-13(14)17(20)21/h3-6,9-12,16,18H,7-8H2,1-2H3/b4-3+/t11-,12-/m0/s1. The molecular weight excluding hydrogens is 320 g/mol. The molecule has 126 valence electrons. The van der Waals surface area contributed by atoms with Gasteiger partial charge in [0.1, 0.15) is 10.9 Å². The van der Waals surface area contributed by atoms with Crippen molar-refractivity contribution in [2.24, 2.45) is 0 Å². The number of nitrogens with one attached hydrogen (secondary N) is 1. The summed E-state index contributed by atoms with van der Waals surface area (Å²) in [6, 6.07) is 5.63. The minimum Gasteiger partial charge on any atom is -0.468 e. The van der Waals surface area contributed by atoms with Crippen molar-refractivity contribution in [2.75, 3.05) is 7.11 Å². The Balaban J connectivity index is 2.70. The maximum atomic E-state index is 11.8. The molecule has 0 heterocycles. The maximum Gasteiger partial charge on any atom is 0.324 e. The zero-order valence-electron chi connectivity index (χ0n) is 13.0. The molecule has 2 N–H and O–H groups in total. The number of hydrogen-bond donors (Lipinski definition) is 2. The molecule has 0 saturated carbocycles. The van der Waals surface area contributed by atoms with Gasteiger partial charge in [-0.15, -0.1) is 0 Å². The average molecular weight is 340 g/mol. The summed E-state index contributed by atoms with van der Waals surface area (Å²) in [6.07, 6.45) is 3.94. The molecule has 0 amide bonds. The molecule has 7 nitrogen and oxygen atoms in total. The van der Waals surface area contributed by atoms with Gasteiger partial charge in [-0.2, -0.15) is 0 Å². The first kappa shape index (κ1) is 19.1. The van der Waals surface area contributed by atoms with Crippen molar-refractivity contribution in [3.63, 3.8) is 0 Å². The molecule has 0 aliphatic rings. The number of aliphatic hydroxyl groups is 1. The van der Waals surface area contributed by atoms with Crippen LogP contribution in [0, 0.1) is 10.1 Å². The lowest BCUT2D eigenvalue weighted by molar-refractivity contribution is -0.387. The van der Waals surface area contributed by atoms with Crippen molar-refractivity contribution >= 4 is 23.6 Å². The Morgan fingerprint density at radius 2 is 2.09 bits per heavy atom. The fraction of sp³-hybridized carbons (Fsp3) is 0.400. The molecule has 0 unspecified atom stereocenters. The summed E-state index contributed by atoms with van der Waals surface area (Å²) in [5, 5.41) is 20.2. The van der Waals surface area contributed by atoms with Crippen LogP contribution < -0.4 is 4.72 Å². The molecule has 0 saturated heterocycles. The molecule has 0 bridgehead atoms. The third-order valence-corrected chi connectivity index (χ3v) is 3.84. The molecular formula is C15H20N2O5S. The molecule has 0 aromatic heterocycles. The normalized spacial score (nSPS) is 13.7. The van der Waals surface area contributed by atoms with E-state index < -0.39 is 23.0 Å². The van der Waals surface area contributed by atoms with Gasteiger partial charge in [0, 0.05) is 6.07 Å². The Morgan fingerprint density at radius 1 is 1.43 bits per heavy atom. The van der Waals surface area contributed by atoms with Gasteiger partial charge < -0.3 is 9.84 Å². The lowest BCUT2D eigenvalue weighted by atomic mass is 10.2. The second kappa shape index (κ2) is 9.98. The molecule has 0 spiro atoms. The van der Waals surface area contributed by atoms with Gasteiger partial charge in [0.2, 0.25) is 0 Å². The lowest BCUT2D eigenvalue weighted by Gasteiger charge is -2.14. The van der Waals surface area contributed by atoms with Crippen LogP contribution in [0.2, 0.25) is 0 Å². The molecule has 0 aliphatic carbocycles. The number of nitro benzene ring substituents is 1. The van der Waals surface area contributed by atoms with E-state index in [2.05, 4.69) is 4.72 Å². The van der Waals surface area contributed by atoms with E-state index in [1.54, 1.807) is 37.3 Å². The van der Waals surface area contributed by atoms with Crippen LogP contribution in [0.25, 0.3) is 0 Å². The highest BCUT2D eigenvalue weighted by Crippen LogP contribution is 2.27. The number of rotatable bonds is 9. The maximum absolute atomic E-state index is 11.8. The van der Waals surface area contributed by atoms with Crippen LogP contribution in [0.3, 0.4) is 0 Å². The van der Waals surface area contributed by atoms with Gasteiger partial charge in [0.25, 0.3) is 5.69 Å². The number of carbonyl (C=O) groups excluding carboxylic acids is 1. The van der Waals surface area contributed by atoms with Crippen molar-refractivity contribution in [3.8, 4) is 0 Å². The molecule has 0 aliphatic heterocycles. The highest BCUT2D eigenvalue weighted by atomic mass is 32.2. The minimum atomic E-state index is -0.643. The van der Waals surface area contributed by atoms with Gasteiger partial charge in [-0.25, -0.2) is 4.72 Å².